The van der Waals surface area contributed by atoms with Crippen molar-refractivity contribution in [3.8, 4) is 11.5 Å². The number of rotatable bonds is 8. The summed E-state index contributed by atoms with van der Waals surface area (Å²) in [5.74, 6) is 0.848. The number of nitrogens with zero attached hydrogens (tertiary/aromatic N) is 2. The highest BCUT2D eigenvalue weighted by atomic mass is 32.2. The van der Waals surface area contributed by atoms with Crippen LogP contribution in [-0.2, 0) is 21.4 Å². The first-order valence-electron chi connectivity index (χ1n) is 8.69. The Labute approximate surface area is 166 Å². The minimum atomic E-state index is -3.64. The van der Waals surface area contributed by atoms with Crippen LogP contribution in [0.25, 0.3) is 0 Å². The summed E-state index contributed by atoms with van der Waals surface area (Å²) in [6.45, 7) is 1.89. The van der Waals surface area contributed by atoms with Gasteiger partial charge in [-0.05, 0) is 36.8 Å². The fourth-order valence-electron chi connectivity index (χ4n) is 3.03. The van der Waals surface area contributed by atoms with Crippen molar-refractivity contribution in [1.29, 1.82) is 0 Å². The van der Waals surface area contributed by atoms with Gasteiger partial charge in [-0.2, -0.15) is 0 Å². The SMILES string of the molecule is COc1ccc(CN(C)C(=O)[C@@H](C)N(c2ccccc2)S(C)(=O)=O)cc1OC. The summed E-state index contributed by atoms with van der Waals surface area (Å²) in [5, 5.41) is 0. The Morgan fingerprint density at radius 3 is 2.18 bits per heavy atom. The maximum atomic E-state index is 13.0. The molecule has 0 aliphatic carbocycles. The summed E-state index contributed by atoms with van der Waals surface area (Å²) in [5.41, 5.74) is 1.29. The van der Waals surface area contributed by atoms with Crippen molar-refractivity contribution in [3.63, 3.8) is 0 Å². The van der Waals surface area contributed by atoms with Gasteiger partial charge in [0.05, 0.1) is 26.2 Å². The van der Waals surface area contributed by atoms with E-state index in [1.54, 1.807) is 70.7 Å². The Kier molecular flexibility index (Phi) is 6.90. The van der Waals surface area contributed by atoms with Crippen molar-refractivity contribution < 1.29 is 22.7 Å². The molecule has 2 rings (SSSR count). The second-order valence-corrected chi connectivity index (χ2v) is 8.31. The standard InChI is InChI=1S/C20H26N2O5S/c1-15(22(28(5,24)25)17-9-7-6-8-10-17)20(23)21(2)14-16-11-12-18(26-3)19(13-16)27-4/h6-13,15H,14H2,1-5H3/t15-/m1/s1. The first-order valence-corrected chi connectivity index (χ1v) is 10.5. The fraction of sp³-hybridized carbons (Fsp3) is 0.350. The Hall–Kier alpha value is -2.74. The molecular weight excluding hydrogens is 380 g/mol. The van der Waals surface area contributed by atoms with E-state index in [2.05, 4.69) is 0 Å². The van der Waals surface area contributed by atoms with E-state index in [1.807, 2.05) is 6.07 Å². The van der Waals surface area contributed by atoms with E-state index in [0.717, 1.165) is 16.1 Å². The van der Waals surface area contributed by atoms with Crippen LogP contribution in [0.5, 0.6) is 11.5 Å². The molecule has 0 unspecified atom stereocenters. The minimum absolute atomic E-state index is 0.302. The largest absolute Gasteiger partial charge is 0.493 e. The van der Waals surface area contributed by atoms with E-state index in [-0.39, 0.29) is 5.91 Å². The summed E-state index contributed by atoms with van der Waals surface area (Å²) < 4.78 is 36.3. The van der Waals surface area contributed by atoms with Gasteiger partial charge in [0.25, 0.3) is 0 Å². The van der Waals surface area contributed by atoms with Crippen molar-refractivity contribution in [2.24, 2.45) is 0 Å². The first kappa shape index (κ1) is 21.6. The number of carbonyl (C=O) groups excluding carboxylic acids is 1. The van der Waals surface area contributed by atoms with Crippen LogP contribution >= 0.6 is 0 Å². The lowest BCUT2D eigenvalue weighted by Gasteiger charge is -2.31. The highest BCUT2D eigenvalue weighted by molar-refractivity contribution is 7.92. The smallest absolute Gasteiger partial charge is 0.246 e. The molecule has 0 N–H and O–H groups in total. The van der Waals surface area contributed by atoms with Crippen molar-refractivity contribution in [1.82, 2.24) is 4.90 Å². The van der Waals surface area contributed by atoms with Crippen LogP contribution in [0.15, 0.2) is 48.5 Å². The number of hydrogen-bond donors (Lipinski definition) is 0. The third-order valence-electron chi connectivity index (χ3n) is 4.32. The summed E-state index contributed by atoms with van der Waals surface area (Å²) >= 11 is 0. The lowest BCUT2D eigenvalue weighted by atomic mass is 10.1. The summed E-state index contributed by atoms with van der Waals surface area (Å²) in [6.07, 6.45) is 1.10. The number of benzene rings is 2. The monoisotopic (exact) mass is 406 g/mol. The Morgan fingerprint density at radius 2 is 1.64 bits per heavy atom. The Balaban J connectivity index is 2.23. The van der Waals surface area contributed by atoms with E-state index >= 15 is 0 Å². The molecule has 2 aromatic rings. The molecule has 0 saturated heterocycles. The van der Waals surface area contributed by atoms with Crippen LogP contribution < -0.4 is 13.8 Å². The second-order valence-electron chi connectivity index (χ2n) is 6.45. The fourth-order valence-corrected chi connectivity index (χ4v) is 4.20. The first-order chi connectivity index (χ1) is 13.2. The maximum absolute atomic E-state index is 13.0. The van der Waals surface area contributed by atoms with Gasteiger partial charge in [-0.15, -0.1) is 0 Å². The molecule has 1 atom stereocenters. The third-order valence-corrected chi connectivity index (χ3v) is 5.56. The van der Waals surface area contributed by atoms with Crippen molar-refractivity contribution in [2.75, 3.05) is 31.8 Å². The van der Waals surface area contributed by atoms with Crippen LogP contribution in [0.4, 0.5) is 5.69 Å². The van der Waals surface area contributed by atoms with E-state index in [1.165, 1.54) is 4.90 Å². The number of carbonyl (C=O) groups is 1. The molecule has 0 aliphatic heterocycles. The lowest BCUT2D eigenvalue weighted by molar-refractivity contribution is -0.131. The molecule has 2 aromatic carbocycles. The zero-order valence-corrected chi connectivity index (χ0v) is 17.6. The van der Waals surface area contributed by atoms with Crippen LogP contribution in [0.1, 0.15) is 12.5 Å². The van der Waals surface area contributed by atoms with Gasteiger partial charge in [-0.1, -0.05) is 24.3 Å². The van der Waals surface area contributed by atoms with Gasteiger partial charge in [0, 0.05) is 13.6 Å². The van der Waals surface area contributed by atoms with Crippen LogP contribution in [0.3, 0.4) is 0 Å². The molecule has 0 saturated carbocycles. The van der Waals surface area contributed by atoms with E-state index < -0.39 is 16.1 Å². The van der Waals surface area contributed by atoms with Gasteiger partial charge in [0.2, 0.25) is 15.9 Å². The van der Waals surface area contributed by atoms with Crippen LogP contribution in [-0.4, -0.2) is 52.8 Å². The molecule has 0 spiro atoms. The Morgan fingerprint density at radius 1 is 1.04 bits per heavy atom. The van der Waals surface area contributed by atoms with Gasteiger partial charge in [-0.3, -0.25) is 9.10 Å². The number of ether oxygens (including phenoxy) is 2. The normalized spacial score (nSPS) is 12.2. The molecule has 28 heavy (non-hydrogen) atoms. The number of para-hydroxylation sites is 1. The molecule has 0 fully saturated rings. The van der Waals surface area contributed by atoms with E-state index in [9.17, 15) is 13.2 Å². The zero-order chi connectivity index (χ0) is 20.9. The van der Waals surface area contributed by atoms with Crippen molar-refractivity contribution in [3.05, 3.63) is 54.1 Å². The van der Waals surface area contributed by atoms with Gasteiger partial charge in [0.1, 0.15) is 6.04 Å². The van der Waals surface area contributed by atoms with E-state index in [0.29, 0.717) is 23.7 Å². The molecule has 152 valence electrons. The van der Waals surface area contributed by atoms with Gasteiger partial charge >= 0.3 is 0 Å². The molecule has 0 bridgehead atoms. The van der Waals surface area contributed by atoms with E-state index in [4.69, 9.17) is 9.47 Å². The quantitative estimate of drug-likeness (QED) is 0.673. The highest BCUT2D eigenvalue weighted by Crippen LogP contribution is 2.28. The summed E-state index contributed by atoms with van der Waals surface area (Å²) in [4.78, 5) is 14.4. The zero-order valence-electron chi connectivity index (χ0n) is 16.7. The lowest BCUT2D eigenvalue weighted by Crippen LogP contribution is -2.48. The van der Waals surface area contributed by atoms with Crippen LogP contribution in [0.2, 0.25) is 0 Å². The molecule has 0 aromatic heterocycles. The summed E-state index contributed by atoms with van der Waals surface area (Å²) in [7, 11) is 1.10. The molecular formula is C20H26N2O5S. The number of likely N-dealkylation sites (N-methyl/N-ethyl adjacent to an activating group) is 1. The molecule has 7 nitrogen and oxygen atoms in total. The van der Waals surface area contributed by atoms with Crippen LogP contribution in [0, 0.1) is 0 Å². The number of sulfonamides is 1. The van der Waals surface area contributed by atoms with Gasteiger partial charge in [0.15, 0.2) is 11.5 Å². The molecule has 0 heterocycles. The average molecular weight is 407 g/mol. The molecule has 0 radical (unpaired) electrons. The highest BCUT2D eigenvalue weighted by Gasteiger charge is 2.30. The third kappa shape index (κ3) is 4.95. The number of methoxy groups -OCH3 is 2. The predicted octanol–water partition coefficient (Wildman–Crippen LogP) is 2.52. The van der Waals surface area contributed by atoms with Gasteiger partial charge in [-0.25, -0.2) is 8.42 Å². The predicted molar refractivity (Wildman–Crippen MR) is 109 cm³/mol. The second kappa shape index (κ2) is 8.97. The molecule has 8 heteroatoms. The van der Waals surface area contributed by atoms with Gasteiger partial charge < -0.3 is 14.4 Å². The number of anilines is 1. The van der Waals surface area contributed by atoms with Crippen molar-refractivity contribution >= 4 is 21.6 Å². The molecule has 0 aliphatic rings. The average Bonchev–Trinajstić information content (AvgIpc) is 2.66. The number of amides is 1. The number of hydrogen-bond acceptors (Lipinski definition) is 5. The minimum Gasteiger partial charge on any atom is -0.493 e. The van der Waals surface area contributed by atoms with Crippen molar-refractivity contribution in [2.45, 2.75) is 19.5 Å². The molecule has 1 amide bonds. The Bertz CT molecular complexity index is 915. The summed E-state index contributed by atoms with van der Waals surface area (Å²) in [6, 6.07) is 13.1. The topological polar surface area (TPSA) is 76.2 Å². The maximum Gasteiger partial charge on any atom is 0.246 e.